The first-order chi connectivity index (χ1) is 11.2. The van der Waals surface area contributed by atoms with Gasteiger partial charge in [0.2, 0.25) is 0 Å². The third-order valence-electron chi connectivity index (χ3n) is 4.12. The van der Waals surface area contributed by atoms with Crippen LogP contribution in [0.5, 0.6) is 0 Å². The summed E-state index contributed by atoms with van der Waals surface area (Å²) in [6, 6.07) is 20.3. The molecule has 23 heavy (non-hydrogen) atoms. The van der Waals surface area contributed by atoms with Crippen molar-refractivity contribution < 1.29 is 14.3 Å². The fourth-order valence-electron chi connectivity index (χ4n) is 3.01. The van der Waals surface area contributed by atoms with E-state index in [0.717, 1.165) is 5.56 Å². The number of carbonyl (C=O) groups is 1. The van der Waals surface area contributed by atoms with E-state index in [4.69, 9.17) is 9.47 Å². The molecule has 4 heteroatoms. The zero-order valence-electron chi connectivity index (χ0n) is 13.2. The van der Waals surface area contributed by atoms with E-state index >= 15 is 0 Å². The molecule has 3 rings (SSSR count). The third kappa shape index (κ3) is 3.50. The van der Waals surface area contributed by atoms with Crippen molar-refractivity contribution in [2.75, 3.05) is 7.11 Å². The molecule has 0 aromatic heterocycles. The van der Waals surface area contributed by atoms with Gasteiger partial charge in [0, 0.05) is 0 Å². The average Bonchev–Trinajstić information content (AvgIpc) is 2.92. The molecule has 2 aromatic carbocycles. The van der Waals surface area contributed by atoms with Gasteiger partial charge in [0.1, 0.15) is 0 Å². The summed E-state index contributed by atoms with van der Waals surface area (Å²) in [5.41, 5.74) is 1.04. The molecule has 1 fully saturated rings. The number of methoxy groups -OCH3 is 1. The topological polar surface area (TPSA) is 35.5 Å². The molecule has 0 bridgehead atoms. The van der Waals surface area contributed by atoms with E-state index in [1.165, 1.54) is 11.6 Å². The molecule has 0 amide bonds. The summed E-state index contributed by atoms with van der Waals surface area (Å²) in [7, 11) is 1.46. The Morgan fingerprint density at radius 2 is 1.65 bits per heavy atom. The predicted octanol–water partition coefficient (Wildman–Crippen LogP) is 2.75. The van der Waals surface area contributed by atoms with Gasteiger partial charge in [0.15, 0.2) is 0 Å². The van der Waals surface area contributed by atoms with E-state index in [0.29, 0.717) is 0 Å². The molecule has 0 saturated carbocycles. The van der Waals surface area contributed by atoms with Gasteiger partial charge in [-0.15, -0.1) is 0 Å². The Hall–Kier alpha value is -1.61. The molecular weight excluding hydrogens is 355 g/mol. The van der Waals surface area contributed by atoms with Gasteiger partial charge in [-0.05, 0) is 0 Å². The van der Waals surface area contributed by atoms with E-state index in [1.54, 1.807) is 0 Å². The predicted molar refractivity (Wildman–Crippen MR) is 90.8 cm³/mol. The van der Waals surface area contributed by atoms with Gasteiger partial charge in [0.05, 0.1) is 0 Å². The van der Waals surface area contributed by atoms with Gasteiger partial charge in [-0.2, -0.15) is 0 Å². The minimum absolute atomic E-state index is 0.0320. The molecule has 120 valence electrons. The number of ether oxygens (including phenoxy) is 2. The molecule has 4 atom stereocenters. The van der Waals surface area contributed by atoms with Crippen LogP contribution in [0.2, 0.25) is 4.82 Å². The molecule has 0 N–H and O–H groups in total. The number of rotatable bonds is 4. The first kappa shape index (κ1) is 16.3. The van der Waals surface area contributed by atoms with Crippen molar-refractivity contribution in [1.82, 2.24) is 0 Å². The second-order valence-corrected chi connectivity index (χ2v) is 8.24. The second-order valence-electron chi connectivity index (χ2n) is 5.62. The Bertz CT molecular complexity index is 644. The summed E-state index contributed by atoms with van der Waals surface area (Å²) >= 11 is 0.156. The molecule has 1 saturated heterocycles. The first-order valence-electron chi connectivity index (χ1n) is 7.70. The summed E-state index contributed by atoms with van der Waals surface area (Å²) in [6.07, 6.45) is -0.196. The van der Waals surface area contributed by atoms with Crippen molar-refractivity contribution in [2.45, 2.75) is 23.9 Å². The summed E-state index contributed by atoms with van der Waals surface area (Å²) in [5.74, 6) is -0.427. The van der Waals surface area contributed by atoms with Crippen LogP contribution in [0.1, 0.15) is 18.6 Å². The maximum absolute atomic E-state index is 12.5. The normalized spacial score (nSPS) is 26.9. The standard InChI is InChI=1S/C19H20O3Se/c1-13-18(23-15-11-7-4-8-12-15)16(19(20)21-2)17(22-13)14-9-5-3-6-10-14/h3-13,16-18H,1-2H3/t13-,16-,17-,18-/m1/s1. The van der Waals surface area contributed by atoms with E-state index in [1.807, 2.05) is 48.5 Å². The van der Waals surface area contributed by atoms with Crippen LogP contribution in [-0.4, -0.2) is 34.1 Å². The summed E-state index contributed by atoms with van der Waals surface area (Å²) in [6.45, 7) is 2.06. The Balaban J connectivity index is 1.90. The van der Waals surface area contributed by atoms with Crippen LogP contribution in [-0.2, 0) is 14.3 Å². The van der Waals surface area contributed by atoms with Crippen LogP contribution in [0, 0.1) is 5.92 Å². The fourth-order valence-corrected chi connectivity index (χ4v) is 5.70. The van der Waals surface area contributed by atoms with E-state index < -0.39 is 0 Å². The number of carbonyl (C=O) groups excluding carboxylic acids is 1. The monoisotopic (exact) mass is 376 g/mol. The molecular formula is C19H20O3Se. The quantitative estimate of drug-likeness (QED) is 0.609. The number of hydrogen-bond acceptors (Lipinski definition) is 3. The molecule has 0 unspecified atom stereocenters. The van der Waals surface area contributed by atoms with Crippen molar-refractivity contribution in [3.05, 3.63) is 66.2 Å². The van der Waals surface area contributed by atoms with Crippen LogP contribution in [0.4, 0.5) is 0 Å². The minimum atomic E-state index is -0.252. The Morgan fingerprint density at radius 3 is 2.26 bits per heavy atom. The summed E-state index contributed by atoms with van der Waals surface area (Å²) in [4.78, 5) is 12.6. The second kappa shape index (κ2) is 7.31. The molecule has 1 heterocycles. The van der Waals surface area contributed by atoms with Gasteiger partial charge in [-0.3, -0.25) is 0 Å². The molecule has 0 aliphatic carbocycles. The Kier molecular flexibility index (Phi) is 5.16. The van der Waals surface area contributed by atoms with Gasteiger partial charge < -0.3 is 0 Å². The summed E-state index contributed by atoms with van der Waals surface area (Å²) in [5, 5.41) is 0. The Morgan fingerprint density at radius 1 is 1.04 bits per heavy atom. The van der Waals surface area contributed by atoms with Crippen molar-refractivity contribution in [3.63, 3.8) is 0 Å². The zero-order valence-corrected chi connectivity index (χ0v) is 14.9. The Labute approximate surface area is 143 Å². The average molecular weight is 375 g/mol. The maximum atomic E-state index is 12.5. The van der Waals surface area contributed by atoms with Gasteiger partial charge in [0.25, 0.3) is 0 Å². The van der Waals surface area contributed by atoms with Crippen LogP contribution in [0.25, 0.3) is 0 Å². The van der Waals surface area contributed by atoms with Crippen LogP contribution >= 0.6 is 0 Å². The van der Waals surface area contributed by atoms with Crippen molar-refractivity contribution in [2.24, 2.45) is 5.92 Å². The number of benzene rings is 2. The van der Waals surface area contributed by atoms with E-state index in [-0.39, 0.29) is 43.9 Å². The molecule has 1 aliphatic heterocycles. The summed E-state index contributed by atoms with van der Waals surface area (Å²) < 4.78 is 12.6. The third-order valence-corrected chi connectivity index (χ3v) is 7.25. The van der Waals surface area contributed by atoms with E-state index in [2.05, 4.69) is 19.1 Å². The van der Waals surface area contributed by atoms with Gasteiger partial charge in [-0.1, -0.05) is 0 Å². The van der Waals surface area contributed by atoms with Crippen molar-refractivity contribution in [3.8, 4) is 0 Å². The zero-order chi connectivity index (χ0) is 16.2. The fraction of sp³-hybridized carbons (Fsp3) is 0.316. The SMILES string of the molecule is COC(=O)[C@H]1[C@H]([Se]c2ccccc2)[C@@H](C)O[C@@H]1c1ccccc1. The molecule has 3 nitrogen and oxygen atoms in total. The van der Waals surface area contributed by atoms with Gasteiger partial charge in [-0.25, -0.2) is 0 Å². The van der Waals surface area contributed by atoms with Crippen LogP contribution in [0.3, 0.4) is 0 Å². The first-order valence-corrected chi connectivity index (χ1v) is 9.55. The van der Waals surface area contributed by atoms with Crippen molar-refractivity contribution in [1.29, 1.82) is 0 Å². The number of esters is 1. The van der Waals surface area contributed by atoms with Crippen molar-refractivity contribution >= 4 is 25.4 Å². The van der Waals surface area contributed by atoms with Crippen LogP contribution < -0.4 is 4.46 Å². The molecule has 2 aromatic rings. The van der Waals surface area contributed by atoms with Gasteiger partial charge >= 0.3 is 143 Å². The molecule has 0 spiro atoms. The van der Waals surface area contributed by atoms with E-state index in [9.17, 15) is 4.79 Å². The molecule has 0 radical (unpaired) electrons. The van der Waals surface area contributed by atoms with Crippen LogP contribution in [0.15, 0.2) is 60.7 Å². The molecule has 1 aliphatic rings. The number of hydrogen-bond donors (Lipinski definition) is 0.